The molecule has 2 rings (SSSR count). The van der Waals surface area contributed by atoms with Crippen molar-refractivity contribution >= 4 is 17.3 Å². The standard InChI is InChI=1S/C12H12N2O3S/c1-7-3-4-9(10(15)14-7)12(16)17-8(2)11-13-5-6-18-11/h3-6,8H,1-2H3,(H,14,15)/t8-/m1/s1. The summed E-state index contributed by atoms with van der Waals surface area (Å²) < 4.78 is 5.19. The Morgan fingerprint density at radius 2 is 2.28 bits per heavy atom. The van der Waals surface area contributed by atoms with Crippen molar-refractivity contribution in [2.45, 2.75) is 20.0 Å². The highest BCUT2D eigenvalue weighted by Crippen LogP contribution is 2.19. The number of ether oxygens (including phenoxy) is 1. The molecule has 0 bridgehead atoms. The van der Waals surface area contributed by atoms with Crippen LogP contribution in [-0.2, 0) is 4.74 Å². The molecule has 0 fully saturated rings. The number of nitrogens with zero attached hydrogens (tertiary/aromatic N) is 1. The summed E-state index contributed by atoms with van der Waals surface area (Å²) in [5.41, 5.74) is 0.264. The Hall–Kier alpha value is -1.95. The van der Waals surface area contributed by atoms with Crippen LogP contribution in [0.3, 0.4) is 0 Å². The number of thiazole rings is 1. The number of hydrogen-bond donors (Lipinski definition) is 1. The summed E-state index contributed by atoms with van der Waals surface area (Å²) in [6, 6.07) is 3.12. The normalized spacial score (nSPS) is 12.1. The van der Waals surface area contributed by atoms with E-state index in [0.29, 0.717) is 10.7 Å². The molecule has 0 aliphatic carbocycles. The van der Waals surface area contributed by atoms with Gasteiger partial charge in [-0.05, 0) is 26.0 Å². The Bertz CT molecular complexity index is 604. The fourth-order valence-electron chi connectivity index (χ4n) is 1.44. The van der Waals surface area contributed by atoms with E-state index >= 15 is 0 Å². The molecule has 0 aliphatic heterocycles. The number of hydrogen-bond acceptors (Lipinski definition) is 5. The van der Waals surface area contributed by atoms with E-state index in [1.165, 1.54) is 17.4 Å². The molecule has 94 valence electrons. The molecule has 0 unspecified atom stereocenters. The predicted molar refractivity (Wildman–Crippen MR) is 67.7 cm³/mol. The van der Waals surface area contributed by atoms with Crippen molar-refractivity contribution in [1.82, 2.24) is 9.97 Å². The number of aromatic nitrogens is 2. The summed E-state index contributed by atoms with van der Waals surface area (Å²) in [5, 5.41) is 2.50. The summed E-state index contributed by atoms with van der Waals surface area (Å²) in [6.07, 6.45) is 1.18. The molecule has 0 saturated carbocycles. The topological polar surface area (TPSA) is 72.0 Å². The molecule has 2 heterocycles. The fourth-order valence-corrected chi connectivity index (χ4v) is 2.07. The molecule has 0 amide bonds. The van der Waals surface area contributed by atoms with Crippen molar-refractivity contribution in [1.29, 1.82) is 0 Å². The molecular formula is C12H12N2O3S. The van der Waals surface area contributed by atoms with Gasteiger partial charge in [-0.2, -0.15) is 0 Å². The number of carbonyl (C=O) groups is 1. The van der Waals surface area contributed by atoms with E-state index in [-0.39, 0.29) is 5.56 Å². The van der Waals surface area contributed by atoms with Gasteiger partial charge in [0.25, 0.3) is 5.56 Å². The third kappa shape index (κ3) is 2.65. The van der Waals surface area contributed by atoms with Crippen LogP contribution >= 0.6 is 11.3 Å². The van der Waals surface area contributed by atoms with Crippen molar-refractivity contribution in [2.75, 3.05) is 0 Å². The van der Waals surface area contributed by atoms with Gasteiger partial charge >= 0.3 is 5.97 Å². The maximum atomic E-state index is 11.8. The molecule has 2 aromatic heterocycles. The molecule has 6 heteroatoms. The first-order valence-corrected chi connectivity index (χ1v) is 6.26. The Morgan fingerprint density at radius 3 is 2.89 bits per heavy atom. The number of aromatic amines is 1. The predicted octanol–water partition coefficient (Wildman–Crippen LogP) is 2.06. The highest BCUT2D eigenvalue weighted by atomic mass is 32.1. The molecule has 0 saturated heterocycles. The van der Waals surface area contributed by atoms with Crippen molar-refractivity contribution in [2.24, 2.45) is 0 Å². The van der Waals surface area contributed by atoms with E-state index < -0.39 is 17.6 Å². The van der Waals surface area contributed by atoms with Crippen LogP contribution in [0.1, 0.15) is 34.1 Å². The Labute approximate surface area is 107 Å². The molecule has 1 N–H and O–H groups in total. The second-order valence-corrected chi connectivity index (χ2v) is 4.73. The summed E-state index contributed by atoms with van der Waals surface area (Å²) in [6.45, 7) is 3.47. The first kappa shape index (κ1) is 12.5. The highest BCUT2D eigenvalue weighted by Gasteiger charge is 2.17. The number of nitrogens with one attached hydrogen (secondary N) is 1. The molecule has 5 nitrogen and oxygen atoms in total. The lowest BCUT2D eigenvalue weighted by Crippen LogP contribution is -2.21. The first-order valence-electron chi connectivity index (χ1n) is 5.38. The van der Waals surface area contributed by atoms with Crippen LogP contribution in [0, 0.1) is 6.92 Å². The van der Waals surface area contributed by atoms with Crippen molar-refractivity contribution in [3.8, 4) is 0 Å². The molecular weight excluding hydrogens is 252 g/mol. The smallest absolute Gasteiger partial charge is 0.344 e. The lowest BCUT2D eigenvalue weighted by Gasteiger charge is -2.10. The van der Waals surface area contributed by atoms with Gasteiger partial charge in [-0.15, -0.1) is 11.3 Å². The van der Waals surface area contributed by atoms with Gasteiger partial charge in [0.15, 0.2) is 6.10 Å². The Balaban J connectivity index is 2.15. The number of esters is 1. The van der Waals surface area contributed by atoms with Crippen LogP contribution in [0.15, 0.2) is 28.5 Å². The molecule has 0 radical (unpaired) electrons. The highest BCUT2D eigenvalue weighted by molar-refractivity contribution is 7.09. The van der Waals surface area contributed by atoms with Gasteiger partial charge in [-0.25, -0.2) is 9.78 Å². The second kappa shape index (κ2) is 5.14. The summed E-state index contributed by atoms with van der Waals surface area (Å²) in [5.74, 6) is -0.640. The van der Waals surface area contributed by atoms with E-state index in [2.05, 4.69) is 9.97 Å². The van der Waals surface area contributed by atoms with Crippen LogP contribution in [0.25, 0.3) is 0 Å². The third-order valence-electron chi connectivity index (χ3n) is 2.36. The molecule has 0 spiro atoms. The quantitative estimate of drug-likeness (QED) is 0.861. The Morgan fingerprint density at radius 1 is 1.50 bits per heavy atom. The summed E-state index contributed by atoms with van der Waals surface area (Å²) >= 11 is 1.40. The number of H-pyrrole nitrogens is 1. The van der Waals surface area contributed by atoms with Gasteiger partial charge in [0.05, 0.1) is 0 Å². The van der Waals surface area contributed by atoms with E-state index in [1.54, 1.807) is 31.5 Å². The van der Waals surface area contributed by atoms with Gasteiger partial charge in [-0.1, -0.05) is 0 Å². The fraction of sp³-hybridized carbons (Fsp3) is 0.250. The molecule has 2 aromatic rings. The summed E-state index contributed by atoms with van der Waals surface area (Å²) in [4.78, 5) is 30.0. The largest absolute Gasteiger partial charge is 0.452 e. The number of rotatable bonds is 3. The maximum Gasteiger partial charge on any atom is 0.344 e. The van der Waals surface area contributed by atoms with E-state index in [1.807, 2.05) is 0 Å². The third-order valence-corrected chi connectivity index (χ3v) is 3.29. The zero-order chi connectivity index (χ0) is 13.1. The number of pyridine rings is 1. The van der Waals surface area contributed by atoms with Gasteiger partial charge in [0.1, 0.15) is 10.6 Å². The van der Waals surface area contributed by atoms with E-state index in [9.17, 15) is 9.59 Å². The van der Waals surface area contributed by atoms with E-state index in [0.717, 1.165) is 0 Å². The van der Waals surface area contributed by atoms with Gasteiger partial charge in [0.2, 0.25) is 0 Å². The minimum Gasteiger partial charge on any atom is -0.452 e. The Kier molecular flexibility index (Phi) is 3.57. The van der Waals surface area contributed by atoms with Gasteiger partial charge in [-0.3, -0.25) is 4.79 Å². The van der Waals surface area contributed by atoms with Crippen LogP contribution in [0.4, 0.5) is 0 Å². The van der Waals surface area contributed by atoms with Crippen LogP contribution in [-0.4, -0.2) is 15.9 Å². The molecule has 18 heavy (non-hydrogen) atoms. The lowest BCUT2D eigenvalue weighted by atomic mass is 10.2. The minimum absolute atomic E-state index is 0.00371. The zero-order valence-corrected chi connectivity index (χ0v) is 10.8. The van der Waals surface area contributed by atoms with Crippen LogP contribution in [0.5, 0.6) is 0 Å². The number of carbonyl (C=O) groups excluding carboxylic acids is 1. The van der Waals surface area contributed by atoms with Crippen molar-refractivity contribution < 1.29 is 9.53 Å². The first-order chi connectivity index (χ1) is 8.58. The van der Waals surface area contributed by atoms with Gasteiger partial charge in [0, 0.05) is 17.3 Å². The summed E-state index contributed by atoms with van der Waals surface area (Å²) in [7, 11) is 0. The average molecular weight is 264 g/mol. The monoisotopic (exact) mass is 264 g/mol. The molecule has 0 aliphatic rings. The lowest BCUT2D eigenvalue weighted by molar-refractivity contribution is 0.0335. The van der Waals surface area contributed by atoms with E-state index in [4.69, 9.17) is 4.74 Å². The SMILES string of the molecule is Cc1ccc(C(=O)O[C@H](C)c2nccs2)c(=O)[nH]1. The van der Waals surface area contributed by atoms with Gasteiger partial charge < -0.3 is 9.72 Å². The molecule has 0 aromatic carbocycles. The average Bonchev–Trinajstić information content (AvgIpc) is 2.81. The minimum atomic E-state index is -0.640. The zero-order valence-electron chi connectivity index (χ0n) is 9.97. The molecule has 1 atom stereocenters. The van der Waals surface area contributed by atoms with Crippen molar-refractivity contribution in [3.05, 3.63) is 50.3 Å². The number of aryl methyl sites for hydroxylation is 1. The van der Waals surface area contributed by atoms with Crippen molar-refractivity contribution in [3.63, 3.8) is 0 Å². The maximum absolute atomic E-state index is 11.8. The second-order valence-electron chi connectivity index (χ2n) is 3.80. The van der Waals surface area contributed by atoms with Crippen LogP contribution < -0.4 is 5.56 Å². The van der Waals surface area contributed by atoms with Crippen LogP contribution in [0.2, 0.25) is 0 Å².